The molecule has 1 unspecified atom stereocenters. The van der Waals surface area contributed by atoms with E-state index in [-0.39, 0.29) is 6.42 Å². The maximum Gasteiger partial charge on any atom is 0.303 e. The third kappa shape index (κ3) is 3.30. The van der Waals surface area contributed by atoms with E-state index < -0.39 is 5.97 Å². The van der Waals surface area contributed by atoms with Gasteiger partial charge in [0, 0.05) is 23.4 Å². The predicted octanol–water partition coefficient (Wildman–Crippen LogP) is 2.97. The largest absolute Gasteiger partial charge is 0.481 e. The van der Waals surface area contributed by atoms with E-state index in [1.54, 1.807) is 0 Å². The number of carboxylic acid groups (broad SMARTS) is 1. The molecule has 0 bridgehead atoms. The van der Waals surface area contributed by atoms with E-state index in [2.05, 4.69) is 22.0 Å². The summed E-state index contributed by atoms with van der Waals surface area (Å²) in [5, 5.41) is 8.64. The molecule has 4 heteroatoms. The second kappa shape index (κ2) is 5.65. The molecule has 92 valence electrons. The Balaban J connectivity index is 2.08. The highest BCUT2D eigenvalue weighted by Gasteiger charge is 2.19. The fourth-order valence-electron chi connectivity index (χ4n) is 2.09. The van der Waals surface area contributed by atoms with Gasteiger partial charge >= 0.3 is 5.97 Å². The molecule has 1 heterocycles. The highest BCUT2D eigenvalue weighted by Crippen LogP contribution is 2.31. The molecule has 0 aliphatic carbocycles. The van der Waals surface area contributed by atoms with E-state index in [9.17, 15) is 4.79 Å². The predicted molar refractivity (Wildman–Crippen MR) is 68.3 cm³/mol. The monoisotopic (exact) mass is 298 g/mol. The van der Waals surface area contributed by atoms with Gasteiger partial charge in [-0.1, -0.05) is 28.1 Å². The van der Waals surface area contributed by atoms with Gasteiger partial charge in [0.15, 0.2) is 0 Å². The first kappa shape index (κ1) is 12.6. The summed E-state index contributed by atoms with van der Waals surface area (Å²) < 4.78 is 6.44. The van der Waals surface area contributed by atoms with Gasteiger partial charge in [0.05, 0.1) is 6.61 Å². The molecule has 2 rings (SSSR count). The molecule has 0 saturated carbocycles. The van der Waals surface area contributed by atoms with Crippen molar-refractivity contribution in [2.75, 3.05) is 13.2 Å². The van der Waals surface area contributed by atoms with Crippen LogP contribution in [0, 0.1) is 0 Å². The highest BCUT2D eigenvalue weighted by atomic mass is 79.9. The topological polar surface area (TPSA) is 46.5 Å². The van der Waals surface area contributed by atoms with Crippen LogP contribution >= 0.6 is 15.9 Å². The number of carboxylic acids is 1. The van der Waals surface area contributed by atoms with Gasteiger partial charge in [-0.2, -0.15) is 0 Å². The van der Waals surface area contributed by atoms with E-state index >= 15 is 0 Å². The fraction of sp³-hybridized carbons (Fsp3) is 0.462. The van der Waals surface area contributed by atoms with E-state index in [1.165, 1.54) is 5.56 Å². The van der Waals surface area contributed by atoms with Crippen molar-refractivity contribution in [2.45, 2.75) is 25.2 Å². The minimum atomic E-state index is -0.755. The molecule has 1 saturated heterocycles. The summed E-state index contributed by atoms with van der Waals surface area (Å²) in [6.45, 7) is 1.62. The van der Waals surface area contributed by atoms with Gasteiger partial charge in [0.1, 0.15) is 0 Å². The van der Waals surface area contributed by atoms with Gasteiger partial charge < -0.3 is 9.84 Å². The molecule has 17 heavy (non-hydrogen) atoms. The van der Waals surface area contributed by atoms with Gasteiger partial charge in [-0.15, -0.1) is 0 Å². The van der Waals surface area contributed by atoms with Gasteiger partial charge in [-0.3, -0.25) is 4.79 Å². The molecule has 1 fully saturated rings. The van der Waals surface area contributed by atoms with Crippen LogP contribution in [0.5, 0.6) is 0 Å². The second-order valence-electron chi connectivity index (χ2n) is 4.31. The van der Waals surface area contributed by atoms with Crippen molar-refractivity contribution in [3.63, 3.8) is 0 Å². The number of hydrogen-bond acceptors (Lipinski definition) is 2. The zero-order valence-electron chi connectivity index (χ0n) is 9.49. The Morgan fingerprint density at radius 2 is 2.35 bits per heavy atom. The quantitative estimate of drug-likeness (QED) is 0.929. The second-order valence-corrected chi connectivity index (χ2v) is 5.16. The fourth-order valence-corrected chi connectivity index (χ4v) is 2.84. The van der Waals surface area contributed by atoms with Gasteiger partial charge in [0.2, 0.25) is 0 Å². The normalized spacial score (nSPS) is 19.5. The number of ether oxygens (including phenoxy) is 1. The van der Waals surface area contributed by atoms with Crippen molar-refractivity contribution < 1.29 is 14.6 Å². The van der Waals surface area contributed by atoms with Gasteiger partial charge in [-0.25, -0.2) is 0 Å². The molecule has 1 N–H and O–H groups in total. The molecule has 0 aromatic heterocycles. The molecule has 1 aliphatic rings. The number of aliphatic carboxylic acids is 1. The third-order valence-corrected chi connectivity index (χ3v) is 3.75. The maximum atomic E-state index is 10.5. The van der Waals surface area contributed by atoms with E-state index in [1.807, 2.05) is 12.1 Å². The summed E-state index contributed by atoms with van der Waals surface area (Å²) in [6, 6.07) is 6.12. The van der Waals surface area contributed by atoms with Crippen molar-refractivity contribution in [3.05, 3.63) is 33.8 Å². The molecule has 0 amide bonds. The lowest BCUT2D eigenvalue weighted by atomic mass is 9.96. The van der Waals surface area contributed by atoms with Crippen LogP contribution in [-0.4, -0.2) is 24.3 Å². The number of benzene rings is 1. The first-order valence-corrected chi connectivity index (χ1v) is 6.54. The van der Waals surface area contributed by atoms with E-state index in [4.69, 9.17) is 9.84 Å². The lowest BCUT2D eigenvalue weighted by molar-refractivity contribution is -0.136. The minimum absolute atomic E-state index is 0.179. The van der Waals surface area contributed by atoms with Crippen molar-refractivity contribution in [1.29, 1.82) is 0 Å². The molecule has 1 aliphatic heterocycles. The number of aryl methyl sites for hydroxylation is 1. The highest BCUT2D eigenvalue weighted by molar-refractivity contribution is 9.10. The van der Waals surface area contributed by atoms with Crippen LogP contribution in [0.1, 0.15) is 29.9 Å². The van der Waals surface area contributed by atoms with Crippen LogP contribution in [0.25, 0.3) is 0 Å². The first-order valence-electron chi connectivity index (χ1n) is 5.74. The van der Waals surface area contributed by atoms with Crippen LogP contribution in [-0.2, 0) is 16.0 Å². The van der Waals surface area contributed by atoms with Crippen LogP contribution < -0.4 is 0 Å². The molecule has 1 aromatic rings. The summed E-state index contributed by atoms with van der Waals surface area (Å²) >= 11 is 3.56. The van der Waals surface area contributed by atoms with E-state index in [0.29, 0.717) is 12.3 Å². The lowest BCUT2D eigenvalue weighted by Crippen LogP contribution is -2.01. The maximum absolute atomic E-state index is 10.5. The smallest absolute Gasteiger partial charge is 0.303 e. The van der Waals surface area contributed by atoms with Crippen molar-refractivity contribution in [1.82, 2.24) is 0 Å². The van der Waals surface area contributed by atoms with Crippen molar-refractivity contribution in [2.24, 2.45) is 0 Å². The zero-order chi connectivity index (χ0) is 12.3. The Morgan fingerprint density at radius 1 is 1.53 bits per heavy atom. The Hall–Kier alpha value is -0.870. The first-order chi connectivity index (χ1) is 8.16. The Morgan fingerprint density at radius 3 is 2.94 bits per heavy atom. The molecule has 0 radical (unpaired) electrons. The summed E-state index contributed by atoms with van der Waals surface area (Å²) in [5.74, 6) is -0.285. The minimum Gasteiger partial charge on any atom is -0.481 e. The molecular formula is C13H15BrO3. The Kier molecular flexibility index (Phi) is 4.18. The van der Waals surface area contributed by atoms with Crippen LogP contribution in [0.4, 0.5) is 0 Å². The zero-order valence-corrected chi connectivity index (χ0v) is 11.1. The van der Waals surface area contributed by atoms with Crippen LogP contribution in [0.2, 0.25) is 0 Å². The molecule has 1 atom stereocenters. The molecule has 1 aromatic carbocycles. The number of hydrogen-bond donors (Lipinski definition) is 1. The standard InChI is InChI=1S/C13H15BrO3/c14-12-7-9(2-4-13(15)16)1-3-11(12)10-5-6-17-8-10/h1,3,7,10H,2,4-6,8H2,(H,15,16). The summed E-state index contributed by atoms with van der Waals surface area (Å²) in [6.07, 6.45) is 1.82. The van der Waals surface area contributed by atoms with Crippen molar-refractivity contribution >= 4 is 21.9 Å². The third-order valence-electron chi connectivity index (χ3n) is 3.06. The molecule has 0 spiro atoms. The summed E-state index contributed by atoms with van der Waals surface area (Å²) in [5.41, 5.74) is 2.32. The van der Waals surface area contributed by atoms with Gasteiger partial charge in [-0.05, 0) is 30.0 Å². The number of halogens is 1. The lowest BCUT2D eigenvalue weighted by Gasteiger charge is -2.11. The average Bonchev–Trinajstić information content (AvgIpc) is 2.79. The van der Waals surface area contributed by atoms with Crippen molar-refractivity contribution in [3.8, 4) is 0 Å². The van der Waals surface area contributed by atoms with E-state index in [0.717, 1.165) is 29.7 Å². The average molecular weight is 299 g/mol. The molecular weight excluding hydrogens is 284 g/mol. The molecule has 3 nitrogen and oxygen atoms in total. The SMILES string of the molecule is O=C(O)CCc1ccc(C2CCOC2)c(Br)c1. The van der Waals surface area contributed by atoms with Crippen LogP contribution in [0.15, 0.2) is 22.7 Å². The van der Waals surface area contributed by atoms with Gasteiger partial charge in [0.25, 0.3) is 0 Å². The number of rotatable bonds is 4. The van der Waals surface area contributed by atoms with Crippen LogP contribution in [0.3, 0.4) is 0 Å². The summed E-state index contributed by atoms with van der Waals surface area (Å²) in [7, 11) is 0. The summed E-state index contributed by atoms with van der Waals surface area (Å²) in [4.78, 5) is 10.5. The Bertz CT molecular complexity index is 411. The Labute approximate surface area is 109 Å². The number of carbonyl (C=O) groups is 1.